The molecule has 2 nitrogen and oxygen atoms in total. The monoisotopic (exact) mass is 311 g/mol. The molecular weight excluding hydrogens is 290 g/mol. The first kappa shape index (κ1) is 13.9. The molecule has 2 N–H and O–H groups in total. The standard InChI is InChI=1S/C15H22BrNO/c1-10-8-12(18-3)14(16)11(2)13(10)15(9-17)6-4-5-7-15/h8H,4-7,9,17H2,1-3H3. The Balaban J connectivity index is 2.60. The molecule has 3 heteroatoms. The Morgan fingerprint density at radius 3 is 2.44 bits per heavy atom. The molecule has 0 amide bonds. The van der Waals surface area contributed by atoms with Crippen LogP contribution in [0.4, 0.5) is 0 Å². The van der Waals surface area contributed by atoms with E-state index in [4.69, 9.17) is 10.5 Å². The van der Waals surface area contributed by atoms with Crippen molar-refractivity contribution < 1.29 is 4.74 Å². The first-order valence-electron chi connectivity index (χ1n) is 6.60. The van der Waals surface area contributed by atoms with E-state index >= 15 is 0 Å². The van der Waals surface area contributed by atoms with Gasteiger partial charge in [0, 0.05) is 12.0 Å². The summed E-state index contributed by atoms with van der Waals surface area (Å²) in [7, 11) is 1.72. The predicted molar refractivity (Wildman–Crippen MR) is 79.4 cm³/mol. The Morgan fingerprint density at radius 1 is 1.33 bits per heavy atom. The maximum Gasteiger partial charge on any atom is 0.133 e. The minimum Gasteiger partial charge on any atom is -0.496 e. The van der Waals surface area contributed by atoms with Crippen LogP contribution in [-0.2, 0) is 5.41 Å². The lowest BCUT2D eigenvalue weighted by Crippen LogP contribution is -2.33. The van der Waals surface area contributed by atoms with E-state index in [1.807, 2.05) is 0 Å². The van der Waals surface area contributed by atoms with Crippen molar-refractivity contribution in [1.82, 2.24) is 0 Å². The summed E-state index contributed by atoms with van der Waals surface area (Å²) in [6.45, 7) is 5.09. The molecule has 1 aromatic rings. The summed E-state index contributed by atoms with van der Waals surface area (Å²) in [6.07, 6.45) is 5.01. The molecule has 0 heterocycles. The molecule has 0 spiro atoms. The zero-order chi connectivity index (χ0) is 13.3. The van der Waals surface area contributed by atoms with Gasteiger partial charge in [0.05, 0.1) is 11.6 Å². The highest BCUT2D eigenvalue weighted by atomic mass is 79.9. The van der Waals surface area contributed by atoms with Crippen molar-refractivity contribution >= 4 is 15.9 Å². The lowest BCUT2D eigenvalue weighted by molar-refractivity contribution is 0.407. The van der Waals surface area contributed by atoms with Gasteiger partial charge in [-0.05, 0) is 65.4 Å². The van der Waals surface area contributed by atoms with E-state index in [9.17, 15) is 0 Å². The van der Waals surface area contributed by atoms with Gasteiger partial charge in [0.1, 0.15) is 5.75 Å². The molecule has 0 saturated heterocycles. The summed E-state index contributed by atoms with van der Waals surface area (Å²) in [4.78, 5) is 0. The molecule has 0 aliphatic heterocycles. The molecular formula is C15H22BrNO. The zero-order valence-electron chi connectivity index (χ0n) is 11.5. The summed E-state index contributed by atoms with van der Waals surface area (Å²) in [6, 6.07) is 2.13. The molecule has 1 aromatic carbocycles. The molecule has 0 bridgehead atoms. The van der Waals surface area contributed by atoms with Gasteiger partial charge in [0.2, 0.25) is 0 Å². The smallest absolute Gasteiger partial charge is 0.133 e. The number of hydrogen-bond acceptors (Lipinski definition) is 2. The minimum atomic E-state index is 0.183. The Hall–Kier alpha value is -0.540. The molecule has 100 valence electrons. The fourth-order valence-electron chi connectivity index (χ4n) is 3.49. The molecule has 2 rings (SSSR count). The van der Waals surface area contributed by atoms with Crippen LogP contribution in [0.15, 0.2) is 10.5 Å². The molecule has 1 fully saturated rings. The largest absolute Gasteiger partial charge is 0.496 e. The molecule has 18 heavy (non-hydrogen) atoms. The molecule has 0 aromatic heterocycles. The number of ether oxygens (including phenoxy) is 1. The second-order valence-electron chi connectivity index (χ2n) is 5.40. The molecule has 1 aliphatic carbocycles. The van der Waals surface area contributed by atoms with Gasteiger partial charge in [0.25, 0.3) is 0 Å². The van der Waals surface area contributed by atoms with E-state index in [1.165, 1.54) is 42.4 Å². The number of benzene rings is 1. The fourth-order valence-corrected chi connectivity index (χ4v) is 3.97. The van der Waals surface area contributed by atoms with Gasteiger partial charge < -0.3 is 10.5 Å². The SMILES string of the molecule is COc1cc(C)c(C2(CN)CCCC2)c(C)c1Br. The third kappa shape index (κ3) is 2.08. The second-order valence-corrected chi connectivity index (χ2v) is 6.19. The highest BCUT2D eigenvalue weighted by molar-refractivity contribution is 9.10. The van der Waals surface area contributed by atoms with Gasteiger partial charge in [-0.1, -0.05) is 12.8 Å². The van der Waals surface area contributed by atoms with Crippen molar-refractivity contribution in [2.75, 3.05) is 13.7 Å². The first-order valence-corrected chi connectivity index (χ1v) is 7.39. The van der Waals surface area contributed by atoms with E-state index in [2.05, 4.69) is 35.8 Å². The number of methoxy groups -OCH3 is 1. The van der Waals surface area contributed by atoms with Crippen LogP contribution in [-0.4, -0.2) is 13.7 Å². The van der Waals surface area contributed by atoms with Crippen LogP contribution in [0.25, 0.3) is 0 Å². The number of aryl methyl sites for hydroxylation is 1. The van der Waals surface area contributed by atoms with Gasteiger partial charge in [0.15, 0.2) is 0 Å². The van der Waals surface area contributed by atoms with Gasteiger partial charge in [-0.25, -0.2) is 0 Å². The summed E-state index contributed by atoms with van der Waals surface area (Å²) in [5.41, 5.74) is 10.3. The summed E-state index contributed by atoms with van der Waals surface area (Å²) in [5, 5.41) is 0. The van der Waals surface area contributed by atoms with Gasteiger partial charge in [-0.3, -0.25) is 0 Å². The third-order valence-corrected chi connectivity index (χ3v) is 5.35. The Labute approximate surface area is 118 Å². The van der Waals surface area contributed by atoms with Crippen LogP contribution in [0.5, 0.6) is 5.75 Å². The van der Waals surface area contributed by atoms with Crippen LogP contribution >= 0.6 is 15.9 Å². The summed E-state index contributed by atoms with van der Waals surface area (Å²) >= 11 is 3.66. The van der Waals surface area contributed by atoms with Gasteiger partial charge >= 0.3 is 0 Å². The van der Waals surface area contributed by atoms with E-state index in [0.717, 1.165) is 16.8 Å². The van der Waals surface area contributed by atoms with Crippen molar-refractivity contribution in [2.45, 2.75) is 44.9 Å². The van der Waals surface area contributed by atoms with Crippen molar-refractivity contribution in [3.63, 3.8) is 0 Å². The quantitative estimate of drug-likeness (QED) is 0.920. The van der Waals surface area contributed by atoms with Gasteiger partial charge in [-0.2, -0.15) is 0 Å². The predicted octanol–water partition coefficient (Wildman–Crippen LogP) is 3.85. The number of rotatable bonds is 3. The van der Waals surface area contributed by atoms with Crippen LogP contribution in [0.1, 0.15) is 42.4 Å². The highest BCUT2D eigenvalue weighted by Gasteiger charge is 2.37. The van der Waals surface area contributed by atoms with E-state index in [-0.39, 0.29) is 5.41 Å². The summed E-state index contributed by atoms with van der Waals surface area (Å²) < 4.78 is 6.49. The molecule has 0 unspecified atom stereocenters. The number of nitrogens with two attached hydrogens (primary N) is 1. The van der Waals surface area contributed by atoms with Crippen LogP contribution in [0.3, 0.4) is 0 Å². The summed E-state index contributed by atoms with van der Waals surface area (Å²) in [5.74, 6) is 0.916. The number of halogens is 1. The lowest BCUT2D eigenvalue weighted by Gasteiger charge is -2.32. The van der Waals surface area contributed by atoms with E-state index < -0.39 is 0 Å². The number of hydrogen-bond donors (Lipinski definition) is 1. The zero-order valence-corrected chi connectivity index (χ0v) is 13.1. The molecule has 1 aliphatic rings. The second kappa shape index (κ2) is 5.22. The Bertz CT molecular complexity index is 450. The average molecular weight is 312 g/mol. The van der Waals surface area contributed by atoms with Crippen molar-refractivity contribution in [3.05, 3.63) is 27.2 Å². The normalized spacial score (nSPS) is 18.1. The Morgan fingerprint density at radius 2 is 1.94 bits per heavy atom. The van der Waals surface area contributed by atoms with Gasteiger partial charge in [-0.15, -0.1) is 0 Å². The van der Waals surface area contributed by atoms with Crippen molar-refractivity contribution in [1.29, 1.82) is 0 Å². The first-order chi connectivity index (χ1) is 8.55. The maximum absolute atomic E-state index is 6.11. The molecule has 0 atom stereocenters. The van der Waals surface area contributed by atoms with E-state index in [0.29, 0.717) is 0 Å². The fraction of sp³-hybridized carbons (Fsp3) is 0.600. The Kier molecular flexibility index (Phi) is 4.02. The molecule has 0 radical (unpaired) electrons. The third-order valence-electron chi connectivity index (χ3n) is 4.36. The van der Waals surface area contributed by atoms with E-state index in [1.54, 1.807) is 7.11 Å². The average Bonchev–Trinajstić information content (AvgIpc) is 2.83. The van der Waals surface area contributed by atoms with Crippen LogP contribution < -0.4 is 10.5 Å². The topological polar surface area (TPSA) is 35.2 Å². The highest BCUT2D eigenvalue weighted by Crippen LogP contribution is 2.46. The van der Waals surface area contributed by atoms with Crippen LogP contribution in [0, 0.1) is 13.8 Å². The van der Waals surface area contributed by atoms with Crippen molar-refractivity contribution in [2.24, 2.45) is 5.73 Å². The van der Waals surface area contributed by atoms with Crippen LogP contribution in [0.2, 0.25) is 0 Å². The lowest BCUT2D eigenvalue weighted by atomic mass is 9.75. The maximum atomic E-state index is 6.11. The van der Waals surface area contributed by atoms with Crippen molar-refractivity contribution in [3.8, 4) is 5.75 Å². The minimum absolute atomic E-state index is 0.183. The molecule has 1 saturated carbocycles.